The lowest BCUT2D eigenvalue weighted by Crippen LogP contribution is -2.00. The molecule has 3 rings (SSSR count). The predicted octanol–water partition coefficient (Wildman–Crippen LogP) is 2.52. The molecule has 0 unspecified atom stereocenters. The number of aryl methyl sites for hydroxylation is 1. The maximum absolute atomic E-state index is 11.4. The Labute approximate surface area is 107 Å². The van der Waals surface area contributed by atoms with E-state index in [0.29, 0.717) is 10.7 Å². The van der Waals surface area contributed by atoms with Gasteiger partial charge in [0.2, 0.25) is 0 Å². The number of rotatable bonds is 1. The third-order valence-corrected chi connectivity index (χ3v) is 3.39. The van der Waals surface area contributed by atoms with Crippen LogP contribution >= 0.6 is 11.6 Å². The van der Waals surface area contributed by atoms with E-state index in [1.165, 1.54) is 0 Å². The molecule has 0 radical (unpaired) electrons. The van der Waals surface area contributed by atoms with Gasteiger partial charge in [0.15, 0.2) is 0 Å². The SMILES string of the molecule is Cc1c(-c2cc(C)c3c(Cl)[nH]nc3c2)[nH][nH]c1=O. The Morgan fingerprint density at radius 2 is 2.00 bits per heavy atom. The van der Waals surface area contributed by atoms with Crippen LogP contribution in [0.2, 0.25) is 5.15 Å². The fourth-order valence-corrected chi connectivity index (χ4v) is 2.45. The van der Waals surface area contributed by atoms with Gasteiger partial charge in [-0.3, -0.25) is 20.1 Å². The molecule has 2 aromatic heterocycles. The molecule has 92 valence electrons. The van der Waals surface area contributed by atoms with Crippen LogP contribution in [-0.4, -0.2) is 20.4 Å². The molecule has 1 aromatic carbocycles. The molecule has 0 bridgehead atoms. The van der Waals surface area contributed by atoms with E-state index in [2.05, 4.69) is 20.4 Å². The van der Waals surface area contributed by atoms with Crippen LogP contribution in [0.4, 0.5) is 0 Å². The minimum Gasteiger partial charge on any atom is -0.297 e. The maximum atomic E-state index is 11.4. The van der Waals surface area contributed by atoms with E-state index in [1.54, 1.807) is 6.92 Å². The van der Waals surface area contributed by atoms with Crippen molar-refractivity contribution in [2.24, 2.45) is 0 Å². The number of aromatic amines is 3. The van der Waals surface area contributed by atoms with Crippen molar-refractivity contribution in [1.29, 1.82) is 0 Å². The third kappa shape index (κ3) is 1.48. The van der Waals surface area contributed by atoms with Crippen molar-refractivity contribution in [2.45, 2.75) is 13.8 Å². The summed E-state index contributed by atoms with van der Waals surface area (Å²) in [6, 6.07) is 3.88. The first-order chi connectivity index (χ1) is 8.58. The molecule has 18 heavy (non-hydrogen) atoms. The number of H-pyrrole nitrogens is 3. The molecule has 0 atom stereocenters. The number of hydrogen-bond donors (Lipinski definition) is 3. The molecule has 5 nitrogen and oxygen atoms in total. The molecule has 0 aliphatic carbocycles. The van der Waals surface area contributed by atoms with Gasteiger partial charge in [0.1, 0.15) is 5.15 Å². The van der Waals surface area contributed by atoms with Gasteiger partial charge < -0.3 is 0 Å². The second-order valence-electron chi connectivity index (χ2n) is 4.30. The average Bonchev–Trinajstić information content (AvgIpc) is 2.85. The summed E-state index contributed by atoms with van der Waals surface area (Å²) < 4.78 is 0. The molecular weight excluding hydrogens is 252 g/mol. The normalized spacial score (nSPS) is 11.3. The summed E-state index contributed by atoms with van der Waals surface area (Å²) >= 11 is 6.03. The summed E-state index contributed by atoms with van der Waals surface area (Å²) in [6.45, 7) is 3.75. The first-order valence-electron chi connectivity index (χ1n) is 5.50. The summed E-state index contributed by atoms with van der Waals surface area (Å²) in [5, 5.41) is 13.8. The summed E-state index contributed by atoms with van der Waals surface area (Å²) in [7, 11) is 0. The monoisotopic (exact) mass is 262 g/mol. The topological polar surface area (TPSA) is 77.3 Å². The largest absolute Gasteiger partial charge is 0.297 e. The molecule has 2 heterocycles. The van der Waals surface area contributed by atoms with Crippen molar-refractivity contribution in [3.8, 4) is 11.3 Å². The maximum Gasteiger partial charge on any atom is 0.267 e. The summed E-state index contributed by atoms with van der Waals surface area (Å²) in [5.74, 6) is 0. The van der Waals surface area contributed by atoms with Gasteiger partial charge in [-0.05, 0) is 31.5 Å². The van der Waals surface area contributed by atoms with E-state index in [9.17, 15) is 4.79 Å². The number of nitrogens with zero attached hydrogens (tertiary/aromatic N) is 1. The highest BCUT2D eigenvalue weighted by molar-refractivity contribution is 6.34. The van der Waals surface area contributed by atoms with Gasteiger partial charge in [-0.25, -0.2) is 0 Å². The number of hydrogen-bond acceptors (Lipinski definition) is 2. The highest BCUT2D eigenvalue weighted by Crippen LogP contribution is 2.29. The van der Waals surface area contributed by atoms with E-state index in [4.69, 9.17) is 11.6 Å². The Bertz CT molecular complexity index is 796. The zero-order chi connectivity index (χ0) is 12.9. The summed E-state index contributed by atoms with van der Waals surface area (Å²) in [6.07, 6.45) is 0. The molecule has 0 fully saturated rings. The number of fused-ring (bicyclic) bond motifs is 1. The molecular formula is C12H11ClN4O. The van der Waals surface area contributed by atoms with Crippen molar-refractivity contribution in [1.82, 2.24) is 20.4 Å². The van der Waals surface area contributed by atoms with Gasteiger partial charge in [0.25, 0.3) is 5.56 Å². The Balaban J connectivity index is 2.31. The molecule has 3 N–H and O–H groups in total. The molecule has 0 aliphatic rings. The van der Waals surface area contributed by atoms with Gasteiger partial charge >= 0.3 is 0 Å². The quantitative estimate of drug-likeness (QED) is 0.630. The van der Waals surface area contributed by atoms with Crippen LogP contribution in [0.3, 0.4) is 0 Å². The van der Waals surface area contributed by atoms with Crippen LogP contribution in [0.15, 0.2) is 16.9 Å². The Morgan fingerprint density at radius 1 is 1.22 bits per heavy atom. The first kappa shape index (κ1) is 11.1. The molecule has 0 saturated heterocycles. The van der Waals surface area contributed by atoms with Crippen molar-refractivity contribution >= 4 is 22.5 Å². The minimum atomic E-state index is -0.109. The van der Waals surface area contributed by atoms with Crippen LogP contribution in [0.1, 0.15) is 11.1 Å². The van der Waals surface area contributed by atoms with E-state index in [-0.39, 0.29) is 5.56 Å². The fraction of sp³-hybridized carbons (Fsp3) is 0.167. The first-order valence-corrected chi connectivity index (χ1v) is 5.87. The Morgan fingerprint density at radius 3 is 2.67 bits per heavy atom. The lowest BCUT2D eigenvalue weighted by Gasteiger charge is -2.02. The number of halogens is 1. The highest BCUT2D eigenvalue weighted by Gasteiger charge is 2.12. The average molecular weight is 263 g/mol. The van der Waals surface area contributed by atoms with E-state index in [1.807, 2.05) is 19.1 Å². The van der Waals surface area contributed by atoms with Gasteiger partial charge in [0, 0.05) is 16.5 Å². The van der Waals surface area contributed by atoms with Crippen LogP contribution in [-0.2, 0) is 0 Å². The third-order valence-electron chi connectivity index (χ3n) is 3.11. The molecule has 0 saturated carbocycles. The summed E-state index contributed by atoms with van der Waals surface area (Å²) in [4.78, 5) is 11.4. The van der Waals surface area contributed by atoms with Crippen LogP contribution in [0.25, 0.3) is 22.2 Å². The second-order valence-corrected chi connectivity index (χ2v) is 4.68. The standard InChI is InChI=1S/C12H11ClN4O/c1-5-3-7(10-6(2)12(18)17-15-10)4-8-9(5)11(13)16-14-8/h3-4H,1-2H3,(H,14,16)(H2,15,17,18). The van der Waals surface area contributed by atoms with Gasteiger partial charge in [0.05, 0.1) is 11.2 Å². The molecule has 6 heteroatoms. The Hall–Kier alpha value is -2.01. The Kier molecular flexibility index (Phi) is 2.31. The lowest BCUT2D eigenvalue weighted by molar-refractivity contribution is 1.06. The van der Waals surface area contributed by atoms with E-state index < -0.39 is 0 Å². The van der Waals surface area contributed by atoms with Crippen LogP contribution < -0.4 is 5.56 Å². The van der Waals surface area contributed by atoms with Gasteiger partial charge in [-0.1, -0.05) is 11.6 Å². The van der Waals surface area contributed by atoms with Gasteiger partial charge in [-0.15, -0.1) is 0 Å². The van der Waals surface area contributed by atoms with Crippen LogP contribution in [0, 0.1) is 13.8 Å². The molecule has 3 aromatic rings. The second kappa shape index (κ2) is 3.74. The molecule has 0 amide bonds. The highest BCUT2D eigenvalue weighted by atomic mass is 35.5. The lowest BCUT2D eigenvalue weighted by atomic mass is 10.0. The zero-order valence-electron chi connectivity index (χ0n) is 9.89. The number of aromatic nitrogens is 4. The fourth-order valence-electron chi connectivity index (χ4n) is 2.16. The zero-order valence-corrected chi connectivity index (χ0v) is 10.6. The summed E-state index contributed by atoms with van der Waals surface area (Å²) in [5.41, 5.74) is 4.06. The van der Waals surface area contributed by atoms with E-state index in [0.717, 1.165) is 27.7 Å². The smallest absolute Gasteiger partial charge is 0.267 e. The van der Waals surface area contributed by atoms with Crippen molar-refractivity contribution in [2.75, 3.05) is 0 Å². The van der Waals surface area contributed by atoms with Gasteiger partial charge in [-0.2, -0.15) is 5.10 Å². The minimum absolute atomic E-state index is 0.109. The number of benzene rings is 1. The van der Waals surface area contributed by atoms with Crippen molar-refractivity contribution < 1.29 is 0 Å². The van der Waals surface area contributed by atoms with E-state index >= 15 is 0 Å². The van der Waals surface area contributed by atoms with Crippen molar-refractivity contribution in [3.05, 3.63) is 38.8 Å². The predicted molar refractivity (Wildman–Crippen MR) is 71.0 cm³/mol. The van der Waals surface area contributed by atoms with Crippen molar-refractivity contribution in [3.63, 3.8) is 0 Å². The number of nitrogens with one attached hydrogen (secondary N) is 3. The molecule has 0 aliphatic heterocycles. The van der Waals surface area contributed by atoms with Crippen LogP contribution in [0.5, 0.6) is 0 Å². The molecule has 0 spiro atoms.